The topological polar surface area (TPSA) is 58.2 Å². The van der Waals surface area contributed by atoms with E-state index >= 15 is 0 Å². The van der Waals surface area contributed by atoms with Crippen molar-refractivity contribution in [2.75, 3.05) is 10.6 Å². The summed E-state index contributed by atoms with van der Waals surface area (Å²) in [6.07, 6.45) is 0. The fraction of sp³-hybridized carbons (Fsp3) is 0.0714. The van der Waals surface area contributed by atoms with Crippen molar-refractivity contribution in [1.29, 1.82) is 0 Å². The lowest BCUT2D eigenvalue weighted by atomic mass is 9.82. The normalized spacial score (nSPS) is 12.2. The van der Waals surface area contributed by atoms with Crippen LogP contribution >= 0.6 is 0 Å². The van der Waals surface area contributed by atoms with Gasteiger partial charge in [-0.3, -0.25) is 9.59 Å². The molecule has 0 unspecified atom stereocenters. The molecule has 0 bridgehead atoms. The van der Waals surface area contributed by atoms with Crippen LogP contribution in [0.15, 0.2) is 84.9 Å². The van der Waals surface area contributed by atoms with Gasteiger partial charge < -0.3 is 10.6 Å². The summed E-state index contributed by atoms with van der Waals surface area (Å²) in [5.41, 5.74) is 6.96. The molecule has 4 nitrogen and oxygen atoms in total. The molecule has 0 aromatic heterocycles. The number of rotatable bonds is 4. The molecule has 0 aliphatic heterocycles. The van der Waals surface area contributed by atoms with Crippen molar-refractivity contribution in [3.63, 3.8) is 0 Å². The van der Waals surface area contributed by atoms with E-state index in [9.17, 15) is 9.59 Å². The van der Waals surface area contributed by atoms with E-state index in [0.29, 0.717) is 33.6 Å². The molecule has 0 amide bonds. The first-order chi connectivity index (χ1) is 15.5. The van der Waals surface area contributed by atoms with E-state index in [1.165, 1.54) is 0 Å². The van der Waals surface area contributed by atoms with Crippen LogP contribution in [0.4, 0.5) is 22.7 Å². The number of fused-ring (bicyclic) bond motifs is 2. The number of carbonyl (C=O) groups is 2. The highest BCUT2D eigenvalue weighted by atomic mass is 16.1. The fourth-order valence-electron chi connectivity index (χ4n) is 4.03. The number of benzene rings is 4. The zero-order chi connectivity index (χ0) is 22.2. The van der Waals surface area contributed by atoms with Crippen LogP contribution < -0.4 is 10.6 Å². The van der Waals surface area contributed by atoms with Gasteiger partial charge >= 0.3 is 0 Å². The van der Waals surface area contributed by atoms with E-state index in [2.05, 4.69) is 10.6 Å². The smallest absolute Gasteiger partial charge is 0.196 e. The molecule has 0 radical (unpaired) electrons. The van der Waals surface area contributed by atoms with Crippen molar-refractivity contribution >= 4 is 34.3 Å². The molecule has 0 atom stereocenters. The van der Waals surface area contributed by atoms with Crippen LogP contribution in [0.5, 0.6) is 0 Å². The first-order valence-corrected chi connectivity index (χ1v) is 10.5. The Bertz CT molecular complexity index is 1250. The maximum absolute atomic E-state index is 13.5. The summed E-state index contributed by atoms with van der Waals surface area (Å²) in [7, 11) is 0. The first-order valence-electron chi connectivity index (χ1n) is 10.5. The highest BCUT2D eigenvalue weighted by molar-refractivity contribution is 6.32. The third-order valence-corrected chi connectivity index (χ3v) is 5.73. The molecule has 4 aromatic carbocycles. The van der Waals surface area contributed by atoms with Crippen molar-refractivity contribution in [2.45, 2.75) is 13.8 Å². The lowest BCUT2D eigenvalue weighted by molar-refractivity contribution is 0.0980. The fourth-order valence-corrected chi connectivity index (χ4v) is 4.03. The Labute approximate surface area is 186 Å². The predicted octanol–water partition coefficient (Wildman–Crippen LogP) is 6.57. The van der Waals surface area contributed by atoms with Gasteiger partial charge in [-0.05, 0) is 50.2 Å². The van der Waals surface area contributed by atoms with Gasteiger partial charge in [-0.2, -0.15) is 0 Å². The second kappa shape index (κ2) is 7.82. The molecule has 5 rings (SSSR count). The Hall–Kier alpha value is -4.18. The Kier molecular flexibility index (Phi) is 4.83. The summed E-state index contributed by atoms with van der Waals surface area (Å²) >= 11 is 0. The van der Waals surface area contributed by atoms with Crippen molar-refractivity contribution in [3.05, 3.63) is 118 Å². The van der Waals surface area contributed by atoms with Gasteiger partial charge in [-0.1, -0.05) is 59.7 Å². The van der Waals surface area contributed by atoms with Crippen LogP contribution in [0.3, 0.4) is 0 Å². The molecule has 0 saturated heterocycles. The van der Waals surface area contributed by atoms with Gasteiger partial charge in [0.15, 0.2) is 11.6 Å². The van der Waals surface area contributed by atoms with E-state index in [1.807, 2.05) is 86.6 Å². The molecule has 4 aromatic rings. The van der Waals surface area contributed by atoms with Gasteiger partial charge in [0, 0.05) is 22.5 Å². The Morgan fingerprint density at radius 1 is 0.500 bits per heavy atom. The average Bonchev–Trinajstić information content (AvgIpc) is 2.80. The van der Waals surface area contributed by atoms with E-state index in [0.717, 1.165) is 22.5 Å². The molecule has 0 fully saturated rings. The van der Waals surface area contributed by atoms with E-state index < -0.39 is 0 Å². The van der Waals surface area contributed by atoms with Crippen LogP contribution in [0.1, 0.15) is 43.0 Å². The van der Waals surface area contributed by atoms with Crippen LogP contribution in [-0.2, 0) is 0 Å². The molecule has 0 spiro atoms. The zero-order valence-electron chi connectivity index (χ0n) is 17.9. The first kappa shape index (κ1) is 19.8. The molecule has 1 aliphatic rings. The highest BCUT2D eigenvalue weighted by Gasteiger charge is 2.33. The number of aryl methyl sites for hydroxylation is 2. The van der Waals surface area contributed by atoms with Gasteiger partial charge in [0.25, 0.3) is 0 Å². The summed E-state index contributed by atoms with van der Waals surface area (Å²) in [6.45, 7) is 4.05. The lowest BCUT2D eigenvalue weighted by Crippen LogP contribution is -2.23. The molecule has 0 saturated carbocycles. The Morgan fingerprint density at radius 3 is 1.25 bits per heavy atom. The summed E-state index contributed by atoms with van der Waals surface area (Å²) in [5.74, 6) is -0.310. The highest BCUT2D eigenvalue weighted by Crippen LogP contribution is 2.37. The predicted molar refractivity (Wildman–Crippen MR) is 129 cm³/mol. The maximum Gasteiger partial charge on any atom is 0.196 e. The monoisotopic (exact) mass is 418 g/mol. The standard InChI is InChI=1S/C28H22N2O2/c1-17-9-13-19(14-10-17)29-23-7-3-5-21-25(23)27(31)22-6-4-8-24(26(22)28(21)32)30-20-15-11-18(2)12-16-20/h3-16,29-30H,1-2H3. The molecule has 0 heterocycles. The van der Waals surface area contributed by atoms with Crippen molar-refractivity contribution in [3.8, 4) is 0 Å². The number of anilines is 4. The zero-order valence-corrected chi connectivity index (χ0v) is 17.9. The number of carbonyl (C=O) groups excluding carboxylic acids is 2. The van der Waals surface area contributed by atoms with Gasteiger partial charge in [-0.15, -0.1) is 0 Å². The molecule has 4 heteroatoms. The quantitative estimate of drug-likeness (QED) is 0.347. The van der Waals surface area contributed by atoms with Crippen molar-refractivity contribution in [2.24, 2.45) is 0 Å². The summed E-state index contributed by atoms with van der Waals surface area (Å²) in [5, 5.41) is 6.62. The van der Waals surface area contributed by atoms with Crippen LogP contribution in [0, 0.1) is 13.8 Å². The lowest BCUT2D eigenvalue weighted by Gasteiger charge is -2.23. The summed E-state index contributed by atoms with van der Waals surface area (Å²) in [4.78, 5) is 27.1. The van der Waals surface area contributed by atoms with Gasteiger partial charge in [0.2, 0.25) is 0 Å². The Balaban J connectivity index is 1.56. The Morgan fingerprint density at radius 2 is 0.875 bits per heavy atom. The van der Waals surface area contributed by atoms with E-state index in [-0.39, 0.29) is 11.6 Å². The van der Waals surface area contributed by atoms with Crippen LogP contribution in [0.2, 0.25) is 0 Å². The minimum absolute atomic E-state index is 0.155. The molecule has 1 aliphatic carbocycles. The third-order valence-electron chi connectivity index (χ3n) is 5.73. The second-order valence-corrected chi connectivity index (χ2v) is 8.10. The van der Waals surface area contributed by atoms with Crippen LogP contribution in [-0.4, -0.2) is 11.6 Å². The second-order valence-electron chi connectivity index (χ2n) is 8.10. The third kappa shape index (κ3) is 3.46. The van der Waals surface area contributed by atoms with Crippen molar-refractivity contribution < 1.29 is 9.59 Å². The molecular weight excluding hydrogens is 396 g/mol. The van der Waals surface area contributed by atoms with Gasteiger partial charge in [0.05, 0.1) is 22.5 Å². The maximum atomic E-state index is 13.5. The van der Waals surface area contributed by atoms with E-state index in [4.69, 9.17) is 0 Å². The van der Waals surface area contributed by atoms with E-state index in [1.54, 1.807) is 12.1 Å². The average molecular weight is 418 g/mol. The SMILES string of the molecule is Cc1ccc(Nc2cccc3c2C(=O)c2cccc(Nc4ccc(C)cc4)c2C3=O)cc1. The van der Waals surface area contributed by atoms with Crippen molar-refractivity contribution in [1.82, 2.24) is 0 Å². The number of nitrogens with one attached hydrogen (secondary N) is 2. The molecular formula is C28H22N2O2. The minimum Gasteiger partial charge on any atom is -0.355 e. The minimum atomic E-state index is -0.155. The summed E-state index contributed by atoms with van der Waals surface area (Å²) < 4.78 is 0. The van der Waals surface area contributed by atoms with Gasteiger partial charge in [-0.25, -0.2) is 0 Å². The number of ketones is 2. The van der Waals surface area contributed by atoms with Crippen LogP contribution in [0.25, 0.3) is 0 Å². The molecule has 2 N–H and O–H groups in total. The number of hydrogen-bond acceptors (Lipinski definition) is 4. The van der Waals surface area contributed by atoms with Gasteiger partial charge in [0.1, 0.15) is 0 Å². The largest absolute Gasteiger partial charge is 0.355 e. The molecule has 156 valence electrons. The summed E-state index contributed by atoms with van der Waals surface area (Å²) in [6, 6.07) is 26.6. The molecule has 32 heavy (non-hydrogen) atoms. The number of hydrogen-bond donors (Lipinski definition) is 2.